The molecule has 6 nitrogen and oxygen atoms in total. The van der Waals surface area contributed by atoms with Crippen molar-refractivity contribution in [1.82, 2.24) is 4.37 Å². The highest BCUT2D eigenvalue weighted by molar-refractivity contribution is 7.10. The van der Waals surface area contributed by atoms with Crippen LogP contribution in [0.25, 0.3) is 0 Å². The Kier molecular flexibility index (Phi) is 5.57. The number of halogens is 1. The van der Waals surface area contributed by atoms with Crippen LogP contribution in [-0.2, 0) is 9.53 Å². The SMILES string of the molecule is CNc1snc(C)c1C(=O)O[C@H](C)C(=O)Nc1ccccc1Cl. The number of anilines is 2. The summed E-state index contributed by atoms with van der Waals surface area (Å²) in [7, 11) is 1.69. The molecule has 1 aromatic heterocycles. The van der Waals surface area contributed by atoms with Crippen molar-refractivity contribution in [2.24, 2.45) is 0 Å². The lowest BCUT2D eigenvalue weighted by Crippen LogP contribution is -2.30. The summed E-state index contributed by atoms with van der Waals surface area (Å²) in [6.07, 6.45) is -0.970. The molecule has 0 aliphatic carbocycles. The zero-order valence-electron chi connectivity index (χ0n) is 12.8. The Labute approximate surface area is 143 Å². The van der Waals surface area contributed by atoms with Gasteiger partial charge in [-0.3, -0.25) is 4.79 Å². The molecule has 0 saturated carbocycles. The Morgan fingerprint density at radius 1 is 1.35 bits per heavy atom. The molecule has 0 saturated heterocycles. The summed E-state index contributed by atoms with van der Waals surface area (Å²) in [5, 5.41) is 6.53. The summed E-state index contributed by atoms with van der Waals surface area (Å²) in [5.74, 6) is -1.05. The van der Waals surface area contributed by atoms with Crippen molar-refractivity contribution >= 4 is 45.7 Å². The van der Waals surface area contributed by atoms with E-state index in [2.05, 4.69) is 15.0 Å². The largest absolute Gasteiger partial charge is 0.449 e. The first-order valence-corrected chi connectivity index (χ1v) is 7.99. The number of benzene rings is 1. The number of esters is 1. The molecule has 2 rings (SSSR count). The van der Waals surface area contributed by atoms with Gasteiger partial charge in [0.1, 0.15) is 10.6 Å². The third kappa shape index (κ3) is 4.00. The molecule has 2 N–H and O–H groups in total. The first-order chi connectivity index (χ1) is 10.9. The molecule has 0 fully saturated rings. The molecule has 0 unspecified atom stereocenters. The Balaban J connectivity index is 2.05. The van der Waals surface area contributed by atoms with Crippen molar-refractivity contribution in [1.29, 1.82) is 0 Å². The topological polar surface area (TPSA) is 80.3 Å². The number of carbonyl (C=O) groups is 2. The van der Waals surface area contributed by atoms with Crippen molar-refractivity contribution < 1.29 is 14.3 Å². The molecule has 0 spiro atoms. The molecule has 1 amide bonds. The second-order valence-corrected chi connectivity index (χ2v) is 5.92. The molecule has 0 aliphatic rings. The van der Waals surface area contributed by atoms with Gasteiger partial charge in [-0.15, -0.1) is 0 Å². The quantitative estimate of drug-likeness (QED) is 0.806. The molecule has 1 atom stereocenters. The summed E-state index contributed by atoms with van der Waals surface area (Å²) < 4.78 is 9.32. The summed E-state index contributed by atoms with van der Waals surface area (Å²) in [5.41, 5.74) is 1.37. The molecule has 1 heterocycles. The van der Waals surface area contributed by atoms with E-state index in [0.717, 1.165) is 11.5 Å². The standard InChI is InChI=1S/C15H16ClN3O3S/c1-8-12(14(17-3)23-19-8)15(21)22-9(2)13(20)18-11-7-5-4-6-10(11)16/h4-7,9,17H,1-3H3,(H,18,20)/t9-/m1/s1. The van der Waals surface area contributed by atoms with Gasteiger partial charge in [-0.2, -0.15) is 4.37 Å². The Hall–Kier alpha value is -2.12. The predicted octanol–water partition coefficient (Wildman–Crippen LogP) is 3.33. The van der Waals surface area contributed by atoms with E-state index in [9.17, 15) is 9.59 Å². The normalized spacial score (nSPS) is 11.7. The van der Waals surface area contributed by atoms with Crippen LogP contribution in [-0.4, -0.2) is 29.4 Å². The number of ether oxygens (including phenoxy) is 1. The van der Waals surface area contributed by atoms with Gasteiger partial charge >= 0.3 is 5.97 Å². The molecule has 122 valence electrons. The molecule has 0 radical (unpaired) electrons. The second-order valence-electron chi connectivity index (χ2n) is 4.74. The zero-order chi connectivity index (χ0) is 17.0. The van der Waals surface area contributed by atoms with E-state index < -0.39 is 18.0 Å². The minimum absolute atomic E-state index is 0.342. The van der Waals surface area contributed by atoms with Gasteiger partial charge < -0.3 is 15.4 Å². The fourth-order valence-corrected chi connectivity index (χ4v) is 2.77. The number of hydrogen-bond acceptors (Lipinski definition) is 6. The number of nitrogens with zero attached hydrogens (tertiary/aromatic N) is 1. The molecule has 0 aliphatic heterocycles. The fourth-order valence-electron chi connectivity index (χ4n) is 1.85. The van der Waals surface area contributed by atoms with Gasteiger partial charge in [0, 0.05) is 7.05 Å². The lowest BCUT2D eigenvalue weighted by Gasteiger charge is -2.14. The first kappa shape index (κ1) is 17.2. The number of aromatic nitrogens is 1. The number of amides is 1. The van der Waals surface area contributed by atoms with E-state index in [1.807, 2.05) is 0 Å². The lowest BCUT2D eigenvalue weighted by molar-refractivity contribution is -0.123. The summed E-state index contributed by atoms with van der Waals surface area (Å²) in [4.78, 5) is 24.4. The molecule has 1 aromatic carbocycles. The third-order valence-corrected chi connectivity index (χ3v) is 4.36. The second kappa shape index (κ2) is 7.43. The van der Waals surface area contributed by atoms with Crippen LogP contribution >= 0.6 is 23.1 Å². The van der Waals surface area contributed by atoms with Gasteiger partial charge in [-0.05, 0) is 37.5 Å². The molecule has 23 heavy (non-hydrogen) atoms. The zero-order valence-corrected chi connectivity index (χ0v) is 14.4. The number of aryl methyl sites for hydroxylation is 1. The lowest BCUT2D eigenvalue weighted by atomic mass is 10.2. The Bertz CT molecular complexity index is 733. The molecule has 2 aromatic rings. The van der Waals surface area contributed by atoms with Gasteiger partial charge in [-0.1, -0.05) is 23.7 Å². The van der Waals surface area contributed by atoms with Crippen LogP contribution in [0.2, 0.25) is 5.02 Å². The highest BCUT2D eigenvalue weighted by Crippen LogP contribution is 2.25. The summed E-state index contributed by atoms with van der Waals surface area (Å²) in [6.45, 7) is 3.21. The molecular weight excluding hydrogens is 338 g/mol. The van der Waals surface area contributed by atoms with E-state index in [1.165, 1.54) is 6.92 Å². The minimum atomic E-state index is -0.970. The van der Waals surface area contributed by atoms with Crippen molar-refractivity contribution in [3.05, 3.63) is 40.5 Å². The van der Waals surface area contributed by atoms with Crippen molar-refractivity contribution in [3.63, 3.8) is 0 Å². The maximum absolute atomic E-state index is 12.2. The Morgan fingerprint density at radius 3 is 2.70 bits per heavy atom. The predicted molar refractivity (Wildman–Crippen MR) is 91.4 cm³/mol. The van der Waals surface area contributed by atoms with Gasteiger partial charge in [0.25, 0.3) is 5.91 Å². The van der Waals surface area contributed by atoms with E-state index in [-0.39, 0.29) is 0 Å². The smallest absolute Gasteiger partial charge is 0.343 e. The molecule has 8 heteroatoms. The number of rotatable bonds is 5. The van der Waals surface area contributed by atoms with Crippen LogP contribution in [0, 0.1) is 6.92 Å². The third-order valence-electron chi connectivity index (χ3n) is 3.08. The number of para-hydroxylation sites is 1. The van der Waals surface area contributed by atoms with Crippen LogP contribution < -0.4 is 10.6 Å². The first-order valence-electron chi connectivity index (χ1n) is 6.84. The fraction of sp³-hybridized carbons (Fsp3) is 0.267. The number of hydrogen-bond donors (Lipinski definition) is 2. The highest BCUT2D eigenvalue weighted by atomic mass is 35.5. The van der Waals surface area contributed by atoms with Crippen LogP contribution in [0.15, 0.2) is 24.3 Å². The molecule has 0 bridgehead atoms. The summed E-state index contributed by atoms with van der Waals surface area (Å²) >= 11 is 7.15. The van der Waals surface area contributed by atoms with E-state index in [4.69, 9.17) is 16.3 Å². The molecular formula is C15H16ClN3O3S. The van der Waals surface area contributed by atoms with Crippen LogP contribution in [0.1, 0.15) is 23.0 Å². The summed E-state index contributed by atoms with van der Waals surface area (Å²) in [6, 6.07) is 6.83. The van der Waals surface area contributed by atoms with Gasteiger partial charge in [0.05, 0.1) is 16.4 Å². The van der Waals surface area contributed by atoms with Gasteiger partial charge in [0.2, 0.25) is 0 Å². The van der Waals surface area contributed by atoms with Crippen molar-refractivity contribution in [2.45, 2.75) is 20.0 Å². The maximum atomic E-state index is 12.2. The number of nitrogens with one attached hydrogen (secondary N) is 2. The van der Waals surface area contributed by atoms with Gasteiger partial charge in [-0.25, -0.2) is 4.79 Å². The monoisotopic (exact) mass is 353 g/mol. The minimum Gasteiger partial charge on any atom is -0.449 e. The van der Waals surface area contributed by atoms with E-state index in [1.54, 1.807) is 38.2 Å². The highest BCUT2D eigenvalue weighted by Gasteiger charge is 2.24. The number of carbonyl (C=O) groups excluding carboxylic acids is 2. The van der Waals surface area contributed by atoms with Crippen LogP contribution in [0.4, 0.5) is 10.7 Å². The Morgan fingerprint density at radius 2 is 2.04 bits per heavy atom. The van der Waals surface area contributed by atoms with Crippen LogP contribution in [0.5, 0.6) is 0 Å². The maximum Gasteiger partial charge on any atom is 0.343 e. The average molecular weight is 354 g/mol. The van der Waals surface area contributed by atoms with Crippen molar-refractivity contribution in [2.75, 3.05) is 17.7 Å². The van der Waals surface area contributed by atoms with Gasteiger partial charge in [0.15, 0.2) is 6.10 Å². The van der Waals surface area contributed by atoms with Crippen LogP contribution in [0.3, 0.4) is 0 Å². The average Bonchev–Trinajstić information content (AvgIpc) is 2.90. The van der Waals surface area contributed by atoms with Crippen molar-refractivity contribution in [3.8, 4) is 0 Å². The van der Waals surface area contributed by atoms with E-state index >= 15 is 0 Å². The van der Waals surface area contributed by atoms with E-state index in [0.29, 0.717) is 27.0 Å².